The second-order valence-corrected chi connectivity index (χ2v) is 8.80. The van der Waals surface area contributed by atoms with E-state index < -0.39 is 23.7 Å². The highest BCUT2D eigenvalue weighted by molar-refractivity contribution is 6.21. The molecule has 3 aromatic rings. The Bertz CT molecular complexity index is 1300. The summed E-state index contributed by atoms with van der Waals surface area (Å²) in [7, 11) is 0. The molecule has 1 aliphatic carbocycles. The summed E-state index contributed by atoms with van der Waals surface area (Å²) in [6.45, 7) is -0.0358. The minimum atomic E-state index is -1.09. The van der Waals surface area contributed by atoms with Crippen molar-refractivity contribution in [2.45, 2.75) is 38.5 Å². The van der Waals surface area contributed by atoms with E-state index in [-0.39, 0.29) is 25.1 Å². The number of aliphatic carboxylic acids is 1. The zero-order valence-corrected chi connectivity index (χ0v) is 18.5. The van der Waals surface area contributed by atoms with Crippen LogP contribution in [0.1, 0.15) is 63.3 Å². The highest BCUT2D eigenvalue weighted by Crippen LogP contribution is 2.33. The van der Waals surface area contributed by atoms with Crippen LogP contribution >= 0.6 is 0 Å². The van der Waals surface area contributed by atoms with Crippen molar-refractivity contribution < 1.29 is 29.1 Å². The van der Waals surface area contributed by atoms with E-state index in [9.17, 15) is 24.7 Å². The molecule has 1 atom stereocenters. The summed E-state index contributed by atoms with van der Waals surface area (Å²) < 4.78 is 6.01. The molecule has 0 saturated heterocycles. The van der Waals surface area contributed by atoms with Crippen LogP contribution in [0.2, 0.25) is 0 Å². The Labute approximate surface area is 195 Å². The number of nitrogens with zero attached hydrogens (tertiary/aromatic N) is 2. The van der Waals surface area contributed by atoms with Crippen LogP contribution in [-0.2, 0) is 17.6 Å². The van der Waals surface area contributed by atoms with E-state index in [2.05, 4.69) is 5.16 Å². The minimum absolute atomic E-state index is 0.0358. The number of carbonyl (C=O) groups is 3. The van der Waals surface area contributed by atoms with Crippen LogP contribution in [0.25, 0.3) is 11.0 Å². The van der Waals surface area contributed by atoms with Crippen molar-refractivity contribution in [2.75, 3.05) is 6.54 Å². The third-order valence-corrected chi connectivity index (χ3v) is 6.78. The summed E-state index contributed by atoms with van der Waals surface area (Å²) in [6.07, 6.45) is 4.08. The topological polar surface area (TPSA) is 120 Å². The third-order valence-electron chi connectivity index (χ3n) is 6.78. The average Bonchev–Trinajstić information content (AvgIpc) is 3.34. The van der Waals surface area contributed by atoms with Crippen molar-refractivity contribution in [1.82, 2.24) is 4.90 Å². The molecule has 8 heteroatoms. The number of amides is 2. The van der Waals surface area contributed by atoms with Gasteiger partial charge in [-0.1, -0.05) is 29.4 Å². The Kier molecular flexibility index (Phi) is 5.65. The third kappa shape index (κ3) is 3.75. The number of imide groups is 1. The second kappa shape index (κ2) is 8.78. The lowest BCUT2D eigenvalue weighted by atomic mass is 9.93. The van der Waals surface area contributed by atoms with Crippen LogP contribution in [0.3, 0.4) is 0 Å². The van der Waals surface area contributed by atoms with Crippen LogP contribution in [0, 0.1) is 5.92 Å². The Morgan fingerprint density at radius 3 is 2.44 bits per heavy atom. The van der Waals surface area contributed by atoms with Gasteiger partial charge in [0.25, 0.3) is 11.8 Å². The Hall–Kier alpha value is -3.94. The number of benzene rings is 2. The summed E-state index contributed by atoms with van der Waals surface area (Å²) in [5, 5.41) is 23.9. The fourth-order valence-corrected chi connectivity index (χ4v) is 4.93. The van der Waals surface area contributed by atoms with Crippen molar-refractivity contribution >= 4 is 34.5 Å². The number of hydrogen-bond acceptors (Lipinski definition) is 6. The zero-order chi connectivity index (χ0) is 23.8. The number of aryl methyl sites for hydroxylation is 2. The predicted octanol–water partition coefficient (Wildman–Crippen LogP) is 4.27. The number of rotatable bonds is 7. The van der Waals surface area contributed by atoms with E-state index in [4.69, 9.17) is 4.42 Å². The number of fused-ring (bicyclic) bond motifs is 4. The highest BCUT2D eigenvalue weighted by Gasteiger charge is 2.36. The second-order valence-electron chi connectivity index (χ2n) is 8.80. The maximum absolute atomic E-state index is 12.6. The van der Waals surface area contributed by atoms with Crippen molar-refractivity contribution in [3.05, 3.63) is 70.5 Å². The summed E-state index contributed by atoms with van der Waals surface area (Å²) in [4.78, 5) is 38.2. The van der Waals surface area contributed by atoms with E-state index in [0.29, 0.717) is 22.3 Å². The maximum atomic E-state index is 12.6. The Morgan fingerprint density at radius 1 is 1.06 bits per heavy atom. The van der Waals surface area contributed by atoms with E-state index in [1.54, 1.807) is 30.3 Å². The minimum Gasteiger partial charge on any atom is -0.481 e. The molecule has 8 nitrogen and oxygen atoms in total. The molecule has 2 N–H and O–H groups in total. The molecule has 1 aromatic heterocycles. The van der Waals surface area contributed by atoms with Crippen molar-refractivity contribution in [3.63, 3.8) is 0 Å². The van der Waals surface area contributed by atoms with E-state index in [1.165, 1.54) is 5.56 Å². The van der Waals surface area contributed by atoms with Gasteiger partial charge in [-0.05, 0) is 43.9 Å². The van der Waals surface area contributed by atoms with Gasteiger partial charge in [0.1, 0.15) is 11.3 Å². The molecule has 0 spiro atoms. The molecule has 2 aromatic carbocycles. The molecule has 34 heavy (non-hydrogen) atoms. The number of furan rings is 1. The Balaban J connectivity index is 1.32. The monoisotopic (exact) mass is 460 g/mol. The molecule has 0 fully saturated rings. The molecule has 0 bridgehead atoms. The molecule has 2 aliphatic rings. The SMILES string of the molecule is O=C(O)C(CCN1C(=O)c2ccccc2C1=O)CC(=NO)c1ccc2c3c(oc2c1)CCCC3. The van der Waals surface area contributed by atoms with Gasteiger partial charge in [0, 0.05) is 35.9 Å². The van der Waals surface area contributed by atoms with Gasteiger partial charge in [-0.25, -0.2) is 0 Å². The van der Waals surface area contributed by atoms with Crippen LogP contribution in [0.5, 0.6) is 0 Å². The van der Waals surface area contributed by atoms with Gasteiger partial charge in [-0.15, -0.1) is 0 Å². The lowest BCUT2D eigenvalue weighted by Crippen LogP contribution is -2.33. The van der Waals surface area contributed by atoms with Crippen LogP contribution in [0.15, 0.2) is 52.0 Å². The van der Waals surface area contributed by atoms with Crippen LogP contribution < -0.4 is 0 Å². The van der Waals surface area contributed by atoms with Gasteiger partial charge in [0.2, 0.25) is 0 Å². The van der Waals surface area contributed by atoms with Crippen molar-refractivity contribution in [1.29, 1.82) is 0 Å². The van der Waals surface area contributed by atoms with Crippen LogP contribution in [0.4, 0.5) is 0 Å². The molecule has 1 unspecified atom stereocenters. The van der Waals surface area contributed by atoms with Gasteiger partial charge in [0.15, 0.2) is 0 Å². The largest absolute Gasteiger partial charge is 0.481 e. The molecular weight excluding hydrogens is 436 g/mol. The lowest BCUT2D eigenvalue weighted by Gasteiger charge is -2.18. The highest BCUT2D eigenvalue weighted by atomic mass is 16.4. The number of carbonyl (C=O) groups excluding carboxylic acids is 2. The normalized spacial score (nSPS) is 16.6. The fourth-order valence-electron chi connectivity index (χ4n) is 4.93. The molecule has 0 saturated carbocycles. The summed E-state index contributed by atoms with van der Waals surface area (Å²) in [5.41, 5.74) is 3.36. The van der Waals surface area contributed by atoms with Gasteiger partial charge in [0.05, 0.1) is 22.8 Å². The molecular formula is C26H24N2O6. The maximum Gasteiger partial charge on any atom is 0.306 e. The lowest BCUT2D eigenvalue weighted by molar-refractivity contribution is -0.141. The van der Waals surface area contributed by atoms with Gasteiger partial charge >= 0.3 is 5.97 Å². The quantitative estimate of drug-likeness (QED) is 0.235. The first-order chi connectivity index (χ1) is 16.5. The molecule has 5 rings (SSSR count). The van der Waals surface area contributed by atoms with Gasteiger partial charge < -0.3 is 14.7 Å². The molecule has 174 valence electrons. The van der Waals surface area contributed by atoms with Crippen molar-refractivity contribution in [2.24, 2.45) is 11.1 Å². The first-order valence-electron chi connectivity index (χ1n) is 11.4. The van der Waals surface area contributed by atoms with E-state index in [1.807, 2.05) is 12.1 Å². The number of carboxylic acid groups (broad SMARTS) is 1. The Morgan fingerprint density at radius 2 is 1.76 bits per heavy atom. The van der Waals surface area contributed by atoms with Crippen LogP contribution in [-0.4, -0.2) is 45.3 Å². The standard InChI is InChI=1S/C26H24N2O6/c29-24-19-6-1-2-7-20(19)25(30)28(24)12-11-16(26(31)32)13-21(27-33)15-9-10-18-17-5-3-4-8-22(17)34-23(18)14-15/h1-2,6-7,9-10,14,16,33H,3-5,8,11-13H2,(H,31,32). The van der Waals surface area contributed by atoms with E-state index >= 15 is 0 Å². The predicted molar refractivity (Wildman–Crippen MR) is 123 cm³/mol. The van der Waals surface area contributed by atoms with Crippen molar-refractivity contribution in [3.8, 4) is 0 Å². The summed E-state index contributed by atoms with van der Waals surface area (Å²) >= 11 is 0. The van der Waals surface area contributed by atoms with Gasteiger partial charge in [-0.2, -0.15) is 0 Å². The number of hydrogen-bond donors (Lipinski definition) is 2. The molecule has 1 aliphatic heterocycles. The number of carboxylic acids is 1. The molecule has 0 radical (unpaired) electrons. The molecule has 2 heterocycles. The summed E-state index contributed by atoms with van der Waals surface area (Å²) in [5.74, 6) is -1.89. The first kappa shape index (κ1) is 21.9. The fraction of sp³-hybridized carbons (Fsp3) is 0.308. The van der Waals surface area contributed by atoms with Gasteiger partial charge in [-0.3, -0.25) is 19.3 Å². The zero-order valence-electron chi connectivity index (χ0n) is 18.5. The first-order valence-corrected chi connectivity index (χ1v) is 11.4. The molecule has 2 amide bonds. The smallest absolute Gasteiger partial charge is 0.306 e. The number of oxime groups is 1. The van der Waals surface area contributed by atoms with E-state index in [0.717, 1.165) is 41.7 Å². The average molecular weight is 460 g/mol. The summed E-state index contributed by atoms with van der Waals surface area (Å²) in [6, 6.07) is 12.1.